The quantitative estimate of drug-likeness (QED) is 0.545. The number of rotatable bonds is 9. The summed E-state index contributed by atoms with van der Waals surface area (Å²) in [6, 6.07) is 17.6. The average molecular weight is 420 g/mol. The second-order valence-electron chi connectivity index (χ2n) is 6.75. The molecule has 31 heavy (non-hydrogen) atoms. The zero-order chi connectivity index (χ0) is 22.1. The number of nitrogens with zero attached hydrogens (tertiary/aromatic N) is 2. The minimum absolute atomic E-state index is 0.0241. The number of carbonyl (C=O) groups excluding carboxylic acids is 2. The van der Waals surface area contributed by atoms with Gasteiger partial charge in [-0.05, 0) is 48.5 Å². The van der Waals surface area contributed by atoms with Crippen LogP contribution in [0.3, 0.4) is 0 Å². The summed E-state index contributed by atoms with van der Waals surface area (Å²) in [5, 5.41) is 14.3. The molecule has 8 heteroatoms. The van der Waals surface area contributed by atoms with Gasteiger partial charge in [-0.3, -0.25) is 14.5 Å². The van der Waals surface area contributed by atoms with Crippen LogP contribution in [0.2, 0.25) is 0 Å². The van der Waals surface area contributed by atoms with Crippen LogP contribution in [-0.2, 0) is 11.3 Å². The Hall–Kier alpha value is -3.96. The standard InChI is InChI=1S/C23H21FN4O3/c24-17-8-10-18(11-9-17)26-23(30)20-6-1-2-7-21(20)27-22(29)16-28(13-4-12-25)15-19-5-3-14-31-19/h1-3,5-11,14H,4,13,15-16H2,(H,26,30)(H,27,29). The van der Waals surface area contributed by atoms with E-state index in [9.17, 15) is 14.0 Å². The summed E-state index contributed by atoms with van der Waals surface area (Å²) in [5.41, 5.74) is 1.06. The number of para-hydroxylation sites is 1. The monoisotopic (exact) mass is 420 g/mol. The number of nitrogens with one attached hydrogen (secondary N) is 2. The highest BCUT2D eigenvalue weighted by Crippen LogP contribution is 2.18. The number of amides is 2. The fourth-order valence-corrected chi connectivity index (χ4v) is 2.96. The van der Waals surface area contributed by atoms with Crippen LogP contribution in [0.4, 0.5) is 15.8 Å². The maximum Gasteiger partial charge on any atom is 0.257 e. The van der Waals surface area contributed by atoms with Gasteiger partial charge in [0.1, 0.15) is 11.6 Å². The zero-order valence-corrected chi connectivity index (χ0v) is 16.7. The van der Waals surface area contributed by atoms with Crippen molar-refractivity contribution in [2.75, 3.05) is 23.7 Å². The maximum atomic E-state index is 13.1. The van der Waals surface area contributed by atoms with Gasteiger partial charge in [-0.2, -0.15) is 5.26 Å². The van der Waals surface area contributed by atoms with Crippen molar-refractivity contribution < 1.29 is 18.4 Å². The largest absolute Gasteiger partial charge is 0.468 e. The fraction of sp³-hybridized carbons (Fsp3) is 0.174. The van der Waals surface area contributed by atoms with Gasteiger partial charge < -0.3 is 15.1 Å². The van der Waals surface area contributed by atoms with Gasteiger partial charge in [0, 0.05) is 18.7 Å². The fourth-order valence-electron chi connectivity index (χ4n) is 2.96. The van der Waals surface area contributed by atoms with Gasteiger partial charge in [0.25, 0.3) is 5.91 Å². The Kier molecular flexibility index (Phi) is 7.51. The molecule has 0 bridgehead atoms. The lowest BCUT2D eigenvalue weighted by Crippen LogP contribution is -2.34. The van der Waals surface area contributed by atoms with Crippen LogP contribution >= 0.6 is 0 Å². The minimum atomic E-state index is -0.431. The Morgan fingerprint density at radius 1 is 1.03 bits per heavy atom. The second kappa shape index (κ2) is 10.7. The Bertz CT molecular complexity index is 1060. The number of nitriles is 1. The molecule has 0 fully saturated rings. The first-order valence-corrected chi connectivity index (χ1v) is 9.62. The molecule has 158 valence electrons. The third-order valence-electron chi connectivity index (χ3n) is 4.41. The lowest BCUT2D eigenvalue weighted by Gasteiger charge is -2.20. The number of carbonyl (C=O) groups is 2. The Balaban J connectivity index is 1.66. The summed E-state index contributed by atoms with van der Waals surface area (Å²) in [6.45, 7) is 0.808. The first-order valence-electron chi connectivity index (χ1n) is 9.62. The van der Waals surface area contributed by atoms with Crippen LogP contribution in [0.25, 0.3) is 0 Å². The van der Waals surface area contributed by atoms with Crippen LogP contribution < -0.4 is 10.6 Å². The van der Waals surface area contributed by atoms with Gasteiger partial charge in [-0.25, -0.2) is 4.39 Å². The molecule has 0 radical (unpaired) electrons. The zero-order valence-electron chi connectivity index (χ0n) is 16.7. The van der Waals surface area contributed by atoms with E-state index in [2.05, 4.69) is 16.7 Å². The summed E-state index contributed by atoms with van der Waals surface area (Å²) < 4.78 is 18.4. The topological polar surface area (TPSA) is 98.4 Å². The van der Waals surface area contributed by atoms with E-state index >= 15 is 0 Å². The Morgan fingerprint density at radius 2 is 1.81 bits per heavy atom. The number of halogens is 1. The first kappa shape index (κ1) is 21.7. The van der Waals surface area contributed by atoms with Gasteiger partial charge >= 0.3 is 0 Å². The van der Waals surface area contributed by atoms with Crippen LogP contribution in [0.1, 0.15) is 22.5 Å². The van der Waals surface area contributed by atoms with E-state index in [0.29, 0.717) is 30.2 Å². The molecule has 2 aromatic carbocycles. The van der Waals surface area contributed by atoms with Crippen molar-refractivity contribution in [3.05, 3.63) is 84.1 Å². The molecular formula is C23H21FN4O3. The van der Waals surface area contributed by atoms with E-state index in [1.807, 2.05) is 0 Å². The minimum Gasteiger partial charge on any atom is -0.468 e. The molecule has 0 atom stereocenters. The highest BCUT2D eigenvalue weighted by atomic mass is 19.1. The highest BCUT2D eigenvalue weighted by Gasteiger charge is 2.16. The number of furan rings is 1. The van der Waals surface area contributed by atoms with Crippen molar-refractivity contribution in [3.63, 3.8) is 0 Å². The summed E-state index contributed by atoms with van der Waals surface area (Å²) in [4.78, 5) is 27.1. The Labute approximate surface area is 179 Å². The van der Waals surface area contributed by atoms with Gasteiger partial charge in [0.2, 0.25) is 5.91 Å². The van der Waals surface area contributed by atoms with Crippen molar-refractivity contribution in [2.24, 2.45) is 0 Å². The molecule has 0 unspecified atom stereocenters. The van der Waals surface area contributed by atoms with Crippen molar-refractivity contribution in [1.82, 2.24) is 4.90 Å². The SMILES string of the molecule is N#CCCN(CC(=O)Nc1ccccc1C(=O)Nc1ccc(F)cc1)Cc1ccco1. The van der Waals surface area contributed by atoms with E-state index in [4.69, 9.17) is 9.68 Å². The predicted molar refractivity (Wildman–Crippen MR) is 114 cm³/mol. The molecule has 0 saturated carbocycles. The average Bonchev–Trinajstić information content (AvgIpc) is 3.27. The van der Waals surface area contributed by atoms with E-state index < -0.39 is 11.7 Å². The number of benzene rings is 2. The molecule has 7 nitrogen and oxygen atoms in total. The molecule has 0 aliphatic heterocycles. The van der Waals surface area contributed by atoms with E-state index in [1.165, 1.54) is 24.3 Å². The van der Waals surface area contributed by atoms with E-state index in [1.54, 1.807) is 47.6 Å². The normalized spacial score (nSPS) is 10.5. The van der Waals surface area contributed by atoms with Crippen LogP contribution in [0.5, 0.6) is 0 Å². The molecule has 3 aromatic rings. The molecule has 2 N–H and O–H groups in total. The predicted octanol–water partition coefficient (Wildman–Crippen LogP) is 4.03. The van der Waals surface area contributed by atoms with Gasteiger partial charge in [-0.15, -0.1) is 0 Å². The van der Waals surface area contributed by atoms with Gasteiger partial charge in [0.05, 0.1) is 36.7 Å². The lowest BCUT2D eigenvalue weighted by atomic mass is 10.1. The third-order valence-corrected chi connectivity index (χ3v) is 4.41. The summed E-state index contributed by atoms with van der Waals surface area (Å²) >= 11 is 0. The van der Waals surface area contributed by atoms with E-state index in [0.717, 1.165) is 0 Å². The number of hydrogen-bond donors (Lipinski definition) is 2. The summed E-state index contributed by atoms with van der Waals surface area (Å²) in [5.74, 6) is -0.475. The molecule has 2 amide bonds. The molecular weight excluding hydrogens is 399 g/mol. The molecule has 0 aliphatic carbocycles. The first-order chi connectivity index (χ1) is 15.0. The van der Waals surface area contributed by atoms with Crippen LogP contribution in [0, 0.1) is 17.1 Å². The number of hydrogen-bond acceptors (Lipinski definition) is 5. The second-order valence-corrected chi connectivity index (χ2v) is 6.75. The smallest absolute Gasteiger partial charge is 0.257 e. The van der Waals surface area contributed by atoms with Crippen molar-refractivity contribution in [1.29, 1.82) is 5.26 Å². The molecule has 0 aliphatic rings. The van der Waals surface area contributed by atoms with Crippen molar-refractivity contribution in [3.8, 4) is 6.07 Å². The molecule has 0 spiro atoms. The molecule has 1 aromatic heterocycles. The summed E-state index contributed by atoms with van der Waals surface area (Å²) in [7, 11) is 0. The van der Waals surface area contributed by atoms with E-state index in [-0.39, 0.29) is 24.4 Å². The van der Waals surface area contributed by atoms with Gasteiger partial charge in [-0.1, -0.05) is 12.1 Å². The molecule has 1 heterocycles. The molecule has 3 rings (SSSR count). The Morgan fingerprint density at radius 3 is 2.52 bits per heavy atom. The highest BCUT2D eigenvalue weighted by molar-refractivity contribution is 6.10. The van der Waals surface area contributed by atoms with Gasteiger partial charge in [0.15, 0.2) is 0 Å². The maximum absolute atomic E-state index is 13.1. The summed E-state index contributed by atoms with van der Waals surface area (Å²) in [6.07, 6.45) is 1.82. The number of anilines is 2. The van der Waals surface area contributed by atoms with Crippen LogP contribution in [0.15, 0.2) is 71.3 Å². The van der Waals surface area contributed by atoms with Crippen molar-refractivity contribution in [2.45, 2.75) is 13.0 Å². The van der Waals surface area contributed by atoms with Crippen molar-refractivity contribution >= 4 is 23.2 Å². The molecule has 0 saturated heterocycles. The lowest BCUT2D eigenvalue weighted by molar-refractivity contribution is -0.117. The van der Waals surface area contributed by atoms with Crippen LogP contribution in [-0.4, -0.2) is 29.8 Å². The third kappa shape index (κ3) is 6.52.